The highest BCUT2D eigenvalue weighted by molar-refractivity contribution is 8.00. The van der Waals surface area contributed by atoms with E-state index in [1.165, 1.54) is 41.8 Å². The number of rotatable bonds is 4. The van der Waals surface area contributed by atoms with Gasteiger partial charge in [-0.15, -0.1) is 11.3 Å². The third-order valence-corrected chi connectivity index (χ3v) is 4.58. The quantitative estimate of drug-likeness (QED) is 0.587. The van der Waals surface area contributed by atoms with Crippen LogP contribution in [0.25, 0.3) is 10.2 Å². The maximum absolute atomic E-state index is 11.8. The summed E-state index contributed by atoms with van der Waals surface area (Å²) in [5.74, 6) is -0.744. The summed E-state index contributed by atoms with van der Waals surface area (Å²) in [4.78, 5) is 31.7. The standard InChI is InChI=1S/C13H9N3O3S2/c17-10(16-12(18)9-2-1-4-19-9)6-21-13-11-8(3-5-20-11)14-7-15-13/h1-5,7H,6H2,(H,16,17,18). The lowest BCUT2D eigenvalue weighted by Crippen LogP contribution is -2.31. The Morgan fingerprint density at radius 2 is 2.24 bits per heavy atom. The van der Waals surface area contributed by atoms with E-state index < -0.39 is 11.8 Å². The lowest BCUT2D eigenvalue weighted by molar-refractivity contribution is -0.117. The van der Waals surface area contributed by atoms with Crippen molar-refractivity contribution in [2.45, 2.75) is 5.03 Å². The third-order valence-electron chi connectivity index (χ3n) is 2.55. The van der Waals surface area contributed by atoms with Crippen LogP contribution < -0.4 is 5.32 Å². The van der Waals surface area contributed by atoms with E-state index >= 15 is 0 Å². The van der Waals surface area contributed by atoms with Crippen molar-refractivity contribution in [3.63, 3.8) is 0 Å². The van der Waals surface area contributed by atoms with Gasteiger partial charge in [0.05, 0.1) is 22.2 Å². The maximum Gasteiger partial charge on any atom is 0.293 e. The van der Waals surface area contributed by atoms with Gasteiger partial charge in [-0.2, -0.15) is 0 Å². The summed E-state index contributed by atoms with van der Waals surface area (Å²) in [6.45, 7) is 0. The van der Waals surface area contributed by atoms with Crippen molar-refractivity contribution in [1.29, 1.82) is 0 Å². The number of carbonyl (C=O) groups excluding carboxylic acids is 2. The molecule has 8 heteroatoms. The first-order valence-electron chi connectivity index (χ1n) is 5.93. The molecular weight excluding hydrogens is 310 g/mol. The third kappa shape index (κ3) is 3.11. The molecule has 0 saturated carbocycles. The average molecular weight is 319 g/mol. The zero-order valence-electron chi connectivity index (χ0n) is 10.6. The number of thioether (sulfide) groups is 1. The topological polar surface area (TPSA) is 85.1 Å². The molecule has 0 aliphatic rings. The lowest BCUT2D eigenvalue weighted by Gasteiger charge is -2.02. The molecule has 0 aliphatic carbocycles. The molecule has 6 nitrogen and oxygen atoms in total. The number of thiophene rings is 1. The van der Waals surface area contributed by atoms with Gasteiger partial charge in [-0.3, -0.25) is 14.9 Å². The van der Waals surface area contributed by atoms with Crippen LogP contribution in [-0.4, -0.2) is 27.5 Å². The molecule has 3 rings (SSSR count). The Morgan fingerprint density at radius 1 is 1.33 bits per heavy atom. The monoisotopic (exact) mass is 319 g/mol. The second-order valence-corrected chi connectivity index (χ2v) is 5.84. The molecule has 0 fully saturated rings. The molecule has 0 aliphatic heterocycles. The number of nitrogens with zero attached hydrogens (tertiary/aromatic N) is 2. The minimum Gasteiger partial charge on any atom is -0.459 e. The highest BCUT2D eigenvalue weighted by Crippen LogP contribution is 2.28. The molecule has 106 valence electrons. The van der Waals surface area contributed by atoms with Crippen LogP contribution in [0.2, 0.25) is 0 Å². The fourth-order valence-corrected chi connectivity index (χ4v) is 3.38. The van der Waals surface area contributed by atoms with Crippen LogP contribution in [0.4, 0.5) is 0 Å². The lowest BCUT2D eigenvalue weighted by atomic mass is 10.4. The number of hydrogen-bond donors (Lipinski definition) is 1. The summed E-state index contributed by atoms with van der Waals surface area (Å²) in [5, 5.41) is 4.91. The number of furan rings is 1. The van der Waals surface area contributed by atoms with E-state index in [1.807, 2.05) is 11.4 Å². The molecule has 0 unspecified atom stereocenters. The highest BCUT2D eigenvalue weighted by Gasteiger charge is 2.14. The van der Waals surface area contributed by atoms with E-state index in [0.29, 0.717) is 0 Å². The maximum atomic E-state index is 11.8. The Morgan fingerprint density at radius 3 is 3.05 bits per heavy atom. The highest BCUT2D eigenvalue weighted by atomic mass is 32.2. The van der Waals surface area contributed by atoms with Crippen LogP contribution in [0.15, 0.2) is 45.6 Å². The zero-order valence-corrected chi connectivity index (χ0v) is 12.2. The molecule has 1 N–H and O–H groups in total. The molecule has 0 radical (unpaired) electrons. The van der Waals surface area contributed by atoms with Gasteiger partial charge in [0.15, 0.2) is 5.76 Å². The number of fused-ring (bicyclic) bond motifs is 1. The smallest absolute Gasteiger partial charge is 0.293 e. The van der Waals surface area contributed by atoms with Crippen LogP contribution in [0.1, 0.15) is 10.6 Å². The number of hydrogen-bond acceptors (Lipinski definition) is 7. The van der Waals surface area contributed by atoms with Gasteiger partial charge in [-0.25, -0.2) is 9.97 Å². The molecule has 3 aromatic rings. The number of amides is 2. The van der Waals surface area contributed by atoms with E-state index in [0.717, 1.165) is 15.2 Å². The summed E-state index contributed by atoms with van der Waals surface area (Å²) in [5.41, 5.74) is 0.851. The second-order valence-electron chi connectivity index (χ2n) is 3.96. The van der Waals surface area contributed by atoms with Gasteiger partial charge < -0.3 is 4.42 Å². The van der Waals surface area contributed by atoms with Crippen molar-refractivity contribution in [2.24, 2.45) is 0 Å². The second kappa shape index (κ2) is 6.06. The fourth-order valence-electron chi connectivity index (χ4n) is 1.64. The first kappa shape index (κ1) is 13.8. The van der Waals surface area contributed by atoms with Gasteiger partial charge in [0.1, 0.15) is 11.4 Å². The van der Waals surface area contributed by atoms with Crippen molar-refractivity contribution >= 4 is 45.1 Å². The largest absolute Gasteiger partial charge is 0.459 e. The Hall–Kier alpha value is -2.19. The average Bonchev–Trinajstić information content (AvgIpc) is 3.15. The predicted molar refractivity (Wildman–Crippen MR) is 79.3 cm³/mol. The SMILES string of the molecule is O=C(CSc1ncnc2ccsc12)NC(=O)c1ccco1. The Bertz CT molecular complexity index is 783. The van der Waals surface area contributed by atoms with Gasteiger partial charge in [0.25, 0.3) is 5.91 Å². The molecule has 21 heavy (non-hydrogen) atoms. The molecule has 0 saturated heterocycles. The van der Waals surface area contributed by atoms with Gasteiger partial charge in [-0.05, 0) is 23.6 Å². The minimum atomic E-state index is -0.547. The van der Waals surface area contributed by atoms with E-state index in [-0.39, 0.29) is 11.5 Å². The fraction of sp³-hybridized carbons (Fsp3) is 0.0769. The molecule has 0 bridgehead atoms. The van der Waals surface area contributed by atoms with Gasteiger partial charge in [0, 0.05) is 0 Å². The van der Waals surface area contributed by atoms with Crippen molar-refractivity contribution in [3.8, 4) is 0 Å². The van der Waals surface area contributed by atoms with Crippen LogP contribution in [-0.2, 0) is 4.79 Å². The molecule has 2 amide bonds. The molecule has 0 aromatic carbocycles. The van der Waals surface area contributed by atoms with Crippen LogP contribution >= 0.6 is 23.1 Å². The molecular formula is C13H9N3O3S2. The van der Waals surface area contributed by atoms with Crippen molar-refractivity contribution in [1.82, 2.24) is 15.3 Å². The van der Waals surface area contributed by atoms with Crippen LogP contribution in [0.5, 0.6) is 0 Å². The van der Waals surface area contributed by atoms with E-state index in [4.69, 9.17) is 4.42 Å². The molecule has 0 atom stereocenters. The predicted octanol–water partition coefficient (Wildman–Crippen LogP) is 2.33. The summed E-state index contributed by atoms with van der Waals surface area (Å²) in [6, 6.07) is 4.98. The first-order chi connectivity index (χ1) is 10.2. The van der Waals surface area contributed by atoms with Crippen molar-refractivity contribution in [2.75, 3.05) is 5.75 Å². The summed E-state index contributed by atoms with van der Waals surface area (Å²) in [7, 11) is 0. The van der Waals surface area contributed by atoms with Gasteiger partial charge in [0.2, 0.25) is 5.91 Å². The van der Waals surface area contributed by atoms with Crippen molar-refractivity contribution < 1.29 is 14.0 Å². The molecule has 3 aromatic heterocycles. The Labute approximate surface area is 127 Å². The molecule has 0 spiro atoms. The van der Waals surface area contributed by atoms with Gasteiger partial charge >= 0.3 is 0 Å². The van der Waals surface area contributed by atoms with Crippen molar-refractivity contribution in [3.05, 3.63) is 41.9 Å². The summed E-state index contributed by atoms with van der Waals surface area (Å²) >= 11 is 2.78. The Kier molecular flexibility index (Phi) is 3.98. The van der Waals surface area contributed by atoms with E-state index in [9.17, 15) is 9.59 Å². The molecule has 3 heterocycles. The van der Waals surface area contributed by atoms with E-state index in [2.05, 4.69) is 15.3 Å². The number of nitrogens with one attached hydrogen (secondary N) is 1. The van der Waals surface area contributed by atoms with E-state index in [1.54, 1.807) is 6.07 Å². The van der Waals surface area contributed by atoms with Crippen LogP contribution in [0.3, 0.4) is 0 Å². The minimum absolute atomic E-state index is 0.0937. The Balaban J connectivity index is 1.61. The van der Waals surface area contributed by atoms with Crippen LogP contribution in [0, 0.1) is 0 Å². The first-order valence-corrected chi connectivity index (χ1v) is 7.79. The normalized spacial score (nSPS) is 10.7. The number of imide groups is 1. The van der Waals surface area contributed by atoms with Gasteiger partial charge in [-0.1, -0.05) is 11.8 Å². The zero-order chi connectivity index (χ0) is 14.7. The summed E-state index contributed by atoms with van der Waals surface area (Å²) in [6.07, 6.45) is 2.84. The number of carbonyl (C=O) groups is 2. The summed E-state index contributed by atoms with van der Waals surface area (Å²) < 4.78 is 5.85. The number of aromatic nitrogens is 2.